The number of hydrogen-bond donors (Lipinski definition) is 5. The lowest BCUT2D eigenvalue weighted by molar-refractivity contribution is -0.118. The van der Waals surface area contributed by atoms with Gasteiger partial charge in [-0.2, -0.15) is 0 Å². The van der Waals surface area contributed by atoms with Crippen molar-refractivity contribution in [2.75, 3.05) is 14.1 Å². The number of aromatic hydroxyl groups is 1. The second-order valence-electron chi connectivity index (χ2n) is 10.7. The molecule has 0 spiro atoms. The number of aryl methyl sites for hydroxylation is 2. The molecule has 1 amide bonds. The van der Waals surface area contributed by atoms with E-state index in [1.807, 2.05) is 36.4 Å². The number of Topliss-reactive ketones (excluding diaryl/α,β-unsaturated/α-hetero) is 1. The van der Waals surface area contributed by atoms with E-state index < -0.39 is 47.3 Å². The van der Waals surface area contributed by atoms with E-state index in [4.69, 9.17) is 5.73 Å². The Hall–Kier alpha value is -3.62. The minimum absolute atomic E-state index is 0.0597. The largest absolute Gasteiger partial charge is 0.510 e. The molecule has 6 N–H and O–H groups in total. The van der Waals surface area contributed by atoms with Crippen molar-refractivity contribution < 1.29 is 30.0 Å². The van der Waals surface area contributed by atoms with E-state index in [9.17, 15) is 30.0 Å². The maximum absolute atomic E-state index is 13.8. The quantitative estimate of drug-likeness (QED) is 0.421. The first kappa shape index (κ1) is 25.0. The van der Waals surface area contributed by atoms with Crippen LogP contribution in [0.3, 0.4) is 0 Å². The predicted octanol–water partition coefficient (Wildman–Crippen LogP) is 2.73. The first-order valence-electron chi connectivity index (χ1n) is 12.5. The summed E-state index contributed by atoms with van der Waals surface area (Å²) in [5.74, 6) is -3.40. The lowest BCUT2D eigenvalue weighted by Crippen LogP contribution is -2.59. The minimum Gasteiger partial charge on any atom is -0.510 e. The van der Waals surface area contributed by atoms with Crippen molar-refractivity contribution in [3.63, 3.8) is 0 Å². The number of rotatable bonds is 5. The van der Waals surface area contributed by atoms with Gasteiger partial charge in [-0.1, -0.05) is 36.4 Å². The molecule has 8 nitrogen and oxygen atoms in total. The summed E-state index contributed by atoms with van der Waals surface area (Å²) in [6.07, 6.45) is 1.75. The van der Waals surface area contributed by atoms with Crippen LogP contribution in [0.15, 0.2) is 65.1 Å². The van der Waals surface area contributed by atoms with Crippen LogP contribution in [-0.2, 0) is 24.1 Å². The summed E-state index contributed by atoms with van der Waals surface area (Å²) in [5.41, 5.74) is 6.45. The number of aliphatic hydroxyl groups excluding tert-OH is 2. The molecule has 194 valence electrons. The van der Waals surface area contributed by atoms with E-state index in [1.165, 1.54) is 6.07 Å². The summed E-state index contributed by atoms with van der Waals surface area (Å²) in [6.45, 7) is 0. The molecule has 0 saturated heterocycles. The molecule has 37 heavy (non-hydrogen) atoms. The van der Waals surface area contributed by atoms with Crippen LogP contribution >= 0.6 is 0 Å². The van der Waals surface area contributed by atoms with Crippen LogP contribution in [0.25, 0.3) is 0 Å². The van der Waals surface area contributed by atoms with Gasteiger partial charge < -0.3 is 26.2 Å². The van der Waals surface area contributed by atoms with Crippen LogP contribution in [-0.4, -0.2) is 62.8 Å². The number of fused-ring (bicyclic) bond motifs is 3. The number of amides is 1. The number of carbonyl (C=O) groups excluding carboxylic acids is 2. The number of allylic oxidation sites excluding steroid dienone is 1. The zero-order chi connectivity index (χ0) is 26.6. The van der Waals surface area contributed by atoms with E-state index in [0.29, 0.717) is 19.3 Å². The lowest BCUT2D eigenvalue weighted by atomic mass is 9.59. The molecule has 2 aromatic carbocycles. The zero-order valence-electron chi connectivity index (χ0n) is 20.9. The molecule has 0 radical (unpaired) electrons. The third kappa shape index (κ3) is 3.91. The third-order valence-corrected chi connectivity index (χ3v) is 8.33. The van der Waals surface area contributed by atoms with Gasteiger partial charge >= 0.3 is 0 Å². The highest BCUT2D eigenvalue weighted by Crippen LogP contribution is 2.53. The van der Waals surface area contributed by atoms with E-state index in [0.717, 1.165) is 23.1 Å². The van der Waals surface area contributed by atoms with Gasteiger partial charge in [0.05, 0.1) is 17.2 Å². The first-order valence-corrected chi connectivity index (χ1v) is 12.5. The fraction of sp³-hybridized carbons (Fsp3) is 0.379. The monoisotopic (exact) mass is 504 g/mol. The number of hydrogen-bond acceptors (Lipinski definition) is 7. The summed E-state index contributed by atoms with van der Waals surface area (Å²) < 4.78 is 0. The number of likely N-dealkylation sites (N-methyl/N-ethyl adjacent to an activating group) is 1. The SMILES string of the molecule is CN(C)C1C(O)=C(C(N)=O)CC2(O)C(O)=C3C(=O)c4c(O)ccc(CCc5ccccc5)c4CC3CC12. The molecule has 3 aliphatic carbocycles. The molecule has 3 aliphatic rings. The fourth-order valence-electron chi connectivity index (χ4n) is 6.56. The first-order chi connectivity index (χ1) is 17.5. The molecule has 0 aromatic heterocycles. The Labute approximate surface area is 215 Å². The summed E-state index contributed by atoms with van der Waals surface area (Å²) >= 11 is 0. The Balaban J connectivity index is 1.58. The van der Waals surface area contributed by atoms with Crippen molar-refractivity contribution in [3.05, 3.63) is 87.4 Å². The van der Waals surface area contributed by atoms with Gasteiger partial charge in [0.2, 0.25) is 5.91 Å². The number of benzene rings is 2. The van der Waals surface area contributed by atoms with Crippen molar-refractivity contribution >= 4 is 11.7 Å². The Morgan fingerprint density at radius 2 is 1.78 bits per heavy atom. The number of phenolic OH excluding ortho intramolecular Hbond substituents is 1. The predicted molar refractivity (Wildman–Crippen MR) is 137 cm³/mol. The molecule has 0 bridgehead atoms. The van der Waals surface area contributed by atoms with Crippen molar-refractivity contribution in [1.29, 1.82) is 0 Å². The average Bonchev–Trinajstić information content (AvgIpc) is 2.85. The minimum atomic E-state index is -1.95. The highest BCUT2D eigenvalue weighted by atomic mass is 16.3. The van der Waals surface area contributed by atoms with E-state index in [2.05, 4.69) is 0 Å². The van der Waals surface area contributed by atoms with Crippen LogP contribution in [0, 0.1) is 11.8 Å². The highest BCUT2D eigenvalue weighted by molar-refractivity contribution is 6.13. The average molecular weight is 505 g/mol. The molecule has 4 unspecified atom stereocenters. The van der Waals surface area contributed by atoms with Crippen LogP contribution in [0.5, 0.6) is 5.75 Å². The van der Waals surface area contributed by atoms with Gasteiger partial charge in [-0.3, -0.25) is 14.5 Å². The van der Waals surface area contributed by atoms with Crippen LogP contribution in [0.4, 0.5) is 0 Å². The van der Waals surface area contributed by atoms with Gasteiger partial charge in [0, 0.05) is 17.9 Å². The maximum Gasteiger partial charge on any atom is 0.248 e. The molecule has 4 atom stereocenters. The number of primary amides is 1. The second kappa shape index (κ2) is 9.04. The van der Waals surface area contributed by atoms with Crippen LogP contribution in [0.1, 0.15) is 39.9 Å². The molecular formula is C29H32N2O6. The van der Waals surface area contributed by atoms with Gasteiger partial charge in [-0.15, -0.1) is 0 Å². The molecule has 0 heterocycles. The van der Waals surface area contributed by atoms with Crippen molar-refractivity contribution in [1.82, 2.24) is 4.90 Å². The topological polar surface area (TPSA) is 144 Å². The zero-order valence-corrected chi connectivity index (χ0v) is 20.9. The molecule has 0 saturated carbocycles. The normalized spacial score (nSPS) is 27.1. The standard InChI is InChI=1S/C29H32N2O6/c1-31(2)24-20-13-17-12-18-16(9-8-15-6-4-3-5-7-15)10-11-21(32)23(18)26(34)22(17)27(35)29(20,37)14-19(25(24)33)28(30)36/h3-7,10-11,17,20,24,32-33,35,37H,8-9,12-14H2,1-2H3,(H2,30,36). The van der Waals surface area contributed by atoms with E-state index in [-0.39, 0.29) is 28.2 Å². The number of nitrogens with zero attached hydrogens (tertiary/aromatic N) is 1. The summed E-state index contributed by atoms with van der Waals surface area (Å²) in [6, 6.07) is 12.6. The van der Waals surface area contributed by atoms with Gasteiger partial charge in [-0.05, 0) is 68.5 Å². The highest BCUT2D eigenvalue weighted by Gasteiger charge is 2.58. The molecule has 8 heteroatoms. The molecular weight excluding hydrogens is 472 g/mol. The number of aliphatic hydroxyl groups is 3. The van der Waals surface area contributed by atoms with Crippen molar-refractivity contribution in [2.24, 2.45) is 17.6 Å². The van der Waals surface area contributed by atoms with Gasteiger partial charge in [0.1, 0.15) is 22.9 Å². The van der Waals surface area contributed by atoms with Gasteiger partial charge in [-0.25, -0.2) is 0 Å². The van der Waals surface area contributed by atoms with E-state index >= 15 is 0 Å². The lowest BCUT2D eigenvalue weighted by Gasteiger charge is -2.51. The molecule has 0 fully saturated rings. The number of nitrogens with two attached hydrogens (primary N) is 1. The molecule has 5 rings (SSSR count). The summed E-state index contributed by atoms with van der Waals surface area (Å²) in [5, 5.41) is 44.7. The van der Waals surface area contributed by atoms with Crippen molar-refractivity contribution in [2.45, 2.75) is 43.7 Å². The Morgan fingerprint density at radius 1 is 1.08 bits per heavy atom. The Kier molecular flexibility index (Phi) is 6.12. The summed E-state index contributed by atoms with van der Waals surface area (Å²) in [4.78, 5) is 27.5. The van der Waals surface area contributed by atoms with Crippen LogP contribution < -0.4 is 5.73 Å². The molecule has 2 aromatic rings. The fourth-order valence-corrected chi connectivity index (χ4v) is 6.56. The number of phenols is 1. The van der Waals surface area contributed by atoms with Gasteiger partial charge in [0.25, 0.3) is 0 Å². The molecule has 0 aliphatic heterocycles. The van der Waals surface area contributed by atoms with Crippen LogP contribution in [0.2, 0.25) is 0 Å². The van der Waals surface area contributed by atoms with Gasteiger partial charge in [0.15, 0.2) is 5.78 Å². The maximum atomic E-state index is 13.8. The van der Waals surface area contributed by atoms with Crippen molar-refractivity contribution in [3.8, 4) is 5.75 Å². The number of carbonyl (C=O) groups is 2. The second-order valence-corrected chi connectivity index (χ2v) is 10.7. The Bertz CT molecular complexity index is 1350. The number of ketones is 1. The van der Waals surface area contributed by atoms with E-state index in [1.54, 1.807) is 19.0 Å². The smallest absolute Gasteiger partial charge is 0.248 e. The summed E-state index contributed by atoms with van der Waals surface area (Å²) in [7, 11) is 3.42. The third-order valence-electron chi connectivity index (χ3n) is 8.33. The Morgan fingerprint density at radius 3 is 2.43 bits per heavy atom.